The molecule has 68 valence electrons. The van der Waals surface area contributed by atoms with Crippen LogP contribution in [0.4, 0.5) is 0 Å². The van der Waals surface area contributed by atoms with E-state index in [2.05, 4.69) is 11.1 Å². The predicted octanol–water partition coefficient (Wildman–Crippen LogP) is 2.72. The Balaban J connectivity index is 2.99. The van der Waals surface area contributed by atoms with Gasteiger partial charge in [0.25, 0.3) is 0 Å². The lowest BCUT2D eigenvalue weighted by atomic mass is 10.0. The quantitative estimate of drug-likeness (QED) is 0.628. The van der Waals surface area contributed by atoms with Gasteiger partial charge in [0.1, 0.15) is 0 Å². The summed E-state index contributed by atoms with van der Waals surface area (Å²) in [6.07, 6.45) is 1.76. The summed E-state index contributed by atoms with van der Waals surface area (Å²) < 4.78 is 0. The van der Waals surface area contributed by atoms with Gasteiger partial charge >= 0.3 is 0 Å². The summed E-state index contributed by atoms with van der Waals surface area (Å²) in [5.41, 5.74) is 3.91. The molecule has 1 aromatic heterocycles. The fraction of sp³-hybridized carbons (Fsp3) is 0.167. The Hall–Kier alpha value is -1.88. The maximum atomic E-state index is 8.97. The number of hydrogen-bond acceptors (Lipinski definition) is 2. The molecule has 0 saturated heterocycles. The topological polar surface area (TPSA) is 36.7 Å². The van der Waals surface area contributed by atoms with Crippen molar-refractivity contribution in [3.63, 3.8) is 0 Å². The number of nitrogens with zero attached hydrogens (tertiary/aromatic N) is 2. The van der Waals surface area contributed by atoms with Crippen molar-refractivity contribution in [2.75, 3.05) is 0 Å². The van der Waals surface area contributed by atoms with Crippen LogP contribution in [-0.2, 0) is 0 Å². The highest BCUT2D eigenvalue weighted by Gasteiger charge is 2.06. The van der Waals surface area contributed by atoms with Crippen LogP contribution < -0.4 is 0 Å². The lowest BCUT2D eigenvalue weighted by molar-refractivity contribution is 1.30. The second kappa shape index (κ2) is 3.12. The largest absolute Gasteiger partial charge is 0.256 e. The molecule has 0 fully saturated rings. The molecule has 0 spiro atoms. The van der Waals surface area contributed by atoms with Crippen molar-refractivity contribution in [2.24, 2.45) is 0 Å². The molecule has 2 nitrogen and oxygen atoms in total. The van der Waals surface area contributed by atoms with E-state index in [1.807, 2.05) is 32.0 Å². The molecule has 1 heterocycles. The number of hydrogen-bond donors (Lipinski definition) is 0. The van der Waals surface area contributed by atoms with Crippen molar-refractivity contribution in [2.45, 2.75) is 13.8 Å². The van der Waals surface area contributed by atoms with Crippen LogP contribution in [0.15, 0.2) is 24.4 Å². The fourth-order valence-electron chi connectivity index (χ4n) is 1.60. The van der Waals surface area contributed by atoms with E-state index < -0.39 is 0 Å². The van der Waals surface area contributed by atoms with E-state index >= 15 is 0 Å². The van der Waals surface area contributed by atoms with Gasteiger partial charge in [-0.1, -0.05) is 0 Å². The molecule has 0 N–H and O–H groups in total. The van der Waals surface area contributed by atoms with Gasteiger partial charge in [0.2, 0.25) is 0 Å². The van der Waals surface area contributed by atoms with Crippen LogP contribution in [0.5, 0.6) is 0 Å². The van der Waals surface area contributed by atoms with Crippen LogP contribution in [0.2, 0.25) is 0 Å². The summed E-state index contributed by atoms with van der Waals surface area (Å²) in [4.78, 5) is 4.30. The first-order valence-electron chi connectivity index (χ1n) is 4.49. The van der Waals surface area contributed by atoms with Gasteiger partial charge in [0.15, 0.2) is 0 Å². The molecular weight excluding hydrogens is 172 g/mol. The zero-order valence-electron chi connectivity index (χ0n) is 8.20. The standard InChI is InChI=1S/C12H10N2/c1-8-6-10(7-13)11-4-3-5-14-12(11)9(8)2/h3-6H,1-2H3. The smallest absolute Gasteiger partial charge is 0.0998 e. The number of rotatable bonds is 0. The summed E-state index contributed by atoms with van der Waals surface area (Å²) in [7, 11) is 0. The van der Waals surface area contributed by atoms with Crippen molar-refractivity contribution < 1.29 is 0 Å². The monoisotopic (exact) mass is 182 g/mol. The Kier molecular flexibility index (Phi) is 1.94. The van der Waals surface area contributed by atoms with Crippen LogP contribution in [0, 0.1) is 25.2 Å². The molecular formula is C12H10N2. The Bertz CT molecular complexity index is 536. The van der Waals surface area contributed by atoms with E-state index in [4.69, 9.17) is 5.26 Å². The van der Waals surface area contributed by atoms with Crippen LogP contribution in [0.25, 0.3) is 10.9 Å². The molecule has 0 aliphatic carbocycles. The van der Waals surface area contributed by atoms with Gasteiger partial charge in [-0.2, -0.15) is 5.26 Å². The average Bonchev–Trinajstić information content (AvgIpc) is 2.23. The number of nitriles is 1. The van der Waals surface area contributed by atoms with Crippen LogP contribution >= 0.6 is 0 Å². The average molecular weight is 182 g/mol. The summed E-state index contributed by atoms with van der Waals surface area (Å²) in [5.74, 6) is 0. The van der Waals surface area contributed by atoms with Gasteiger partial charge in [-0.05, 0) is 43.2 Å². The highest BCUT2D eigenvalue weighted by molar-refractivity contribution is 5.88. The van der Waals surface area contributed by atoms with Gasteiger partial charge < -0.3 is 0 Å². The zero-order valence-corrected chi connectivity index (χ0v) is 8.20. The third-order valence-corrected chi connectivity index (χ3v) is 2.53. The maximum absolute atomic E-state index is 8.97. The molecule has 0 saturated carbocycles. The molecule has 0 atom stereocenters. The van der Waals surface area contributed by atoms with Crippen molar-refractivity contribution in [1.82, 2.24) is 4.98 Å². The molecule has 0 radical (unpaired) electrons. The number of fused-ring (bicyclic) bond motifs is 1. The highest BCUT2D eigenvalue weighted by atomic mass is 14.6. The highest BCUT2D eigenvalue weighted by Crippen LogP contribution is 2.22. The van der Waals surface area contributed by atoms with Gasteiger partial charge in [0.05, 0.1) is 17.1 Å². The molecule has 1 aromatic carbocycles. The fourth-order valence-corrected chi connectivity index (χ4v) is 1.60. The zero-order chi connectivity index (χ0) is 10.1. The van der Waals surface area contributed by atoms with E-state index in [1.165, 1.54) is 0 Å². The molecule has 0 unspecified atom stereocenters. The minimum atomic E-state index is 0.705. The van der Waals surface area contributed by atoms with E-state index in [9.17, 15) is 0 Å². The number of aromatic nitrogens is 1. The summed E-state index contributed by atoms with van der Waals surface area (Å²) in [5, 5.41) is 9.92. The van der Waals surface area contributed by atoms with Gasteiger partial charge in [-0.3, -0.25) is 4.98 Å². The Morgan fingerprint density at radius 1 is 1.36 bits per heavy atom. The van der Waals surface area contributed by atoms with Crippen molar-refractivity contribution in [3.8, 4) is 6.07 Å². The first-order valence-corrected chi connectivity index (χ1v) is 4.49. The second-order valence-electron chi connectivity index (χ2n) is 3.38. The lowest BCUT2D eigenvalue weighted by Crippen LogP contribution is -1.90. The van der Waals surface area contributed by atoms with Crippen LogP contribution in [-0.4, -0.2) is 4.98 Å². The number of aryl methyl sites for hydroxylation is 2. The van der Waals surface area contributed by atoms with E-state index in [0.29, 0.717) is 5.56 Å². The minimum absolute atomic E-state index is 0.705. The lowest BCUT2D eigenvalue weighted by Gasteiger charge is -2.05. The normalized spacial score (nSPS) is 10.1. The van der Waals surface area contributed by atoms with Gasteiger partial charge in [-0.15, -0.1) is 0 Å². The van der Waals surface area contributed by atoms with Crippen LogP contribution in [0.3, 0.4) is 0 Å². The van der Waals surface area contributed by atoms with Crippen LogP contribution in [0.1, 0.15) is 16.7 Å². The summed E-state index contributed by atoms with van der Waals surface area (Å²) in [6, 6.07) is 7.91. The van der Waals surface area contributed by atoms with E-state index in [1.54, 1.807) is 6.20 Å². The first kappa shape index (κ1) is 8.71. The molecule has 0 amide bonds. The van der Waals surface area contributed by atoms with Crippen molar-refractivity contribution in [1.29, 1.82) is 5.26 Å². The minimum Gasteiger partial charge on any atom is -0.256 e. The predicted molar refractivity (Wildman–Crippen MR) is 55.9 cm³/mol. The molecule has 0 aliphatic heterocycles. The second-order valence-corrected chi connectivity index (χ2v) is 3.38. The molecule has 0 aliphatic rings. The summed E-state index contributed by atoms with van der Waals surface area (Å²) >= 11 is 0. The molecule has 2 aromatic rings. The molecule has 2 heteroatoms. The third kappa shape index (κ3) is 1.14. The Labute approximate surface area is 82.8 Å². The van der Waals surface area contributed by atoms with E-state index in [0.717, 1.165) is 22.0 Å². The molecule has 14 heavy (non-hydrogen) atoms. The Morgan fingerprint density at radius 3 is 2.86 bits per heavy atom. The Morgan fingerprint density at radius 2 is 2.14 bits per heavy atom. The van der Waals surface area contributed by atoms with Gasteiger partial charge in [0, 0.05) is 11.6 Å². The van der Waals surface area contributed by atoms with E-state index in [-0.39, 0.29) is 0 Å². The van der Waals surface area contributed by atoms with Crippen molar-refractivity contribution in [3.05, 3.63) is 41.1 Å². The third-order valence-electron chi connectivity index (χ3n) is 2.53. The molecule has 0 bridgehead atoms. The SMILES string of the molecule is Cc1cc(C#N)c2cccnc2c1C. The van der Waals surface area contributed by atoms with Gasteiger partial charge in [-0.25, -0.2) is 0 Å². The first-order chi connectivity index (χ1) is 6.74. The maximum Gasteiger partial charge on any atom is 0.0998 e. The number of pyridine rings is 1. The van der Waals surface area contributed by atoms with Crippen molar-refractivity contribution >= 4 is 10.9 Å². The molecule has 2 rings (SSSR count). The number of benzene rings is 1. The summed E-state index contributed by atoms with van der Waals surface area (Å²) in [6.45, 7) is 4.04.